The molecule has 1 heterocycles. The fourth-order valence-electron chi connectivity index (χ4n) is 3.34. The van der Waals surface area contributed by atoms with Crippen LogP contribution in [0.2, 0.25) is 0 Å². The van der Waals surface area contributed by atoms with Crippen LogP contribution in [-0.4, -0.2) is 23.2 Å². The van der Waals surface area contributed by atoms with Crippen LogP contribution in [0, 0.1) is 18.3 Å². The first kappa shape index (κ1) is 22.4. The van der Waals surface area contributed by atoms with Crippen LogP contribution in [0.5, 0.6) is 11.5 Å². The second-order valence-corrected chi connectivity index (χ2v) is 7.65. The van der Waals surface area contributed by atoms with Gasteiger partial charge in [0.05, 0.1) is 30.1 Å². The lowest BCUT2D eigenvalue weighted by atomic mass is 10.1. The number of anilines is 2. The highest BCUT2D eigenvalue weighted by molar-refractivity contribution is 6.07. The van der Waals surface area contributed by atoms with Crippen molar-refractivity contribution in [3.05, 3.63) is 89.1 Å². The van der Waals surface area contributed by atoms with Gasteiger partial charge in [-0.05, 0) is 42.8 Å². The summed E-state index contributed by atoms with van der Waals surface area (Å²) in [7, 11) is 1.61. The molecule has 34 heavy (non-hydrogen) atoms. The number of hydrogen-bond acceptors (Lipinski definition) is 6. The normalized spacial score (nSPS) is 10.4. The number of benzene rings is 3. The van der Waals surface area contributed by atoms with Crippen LogP contribution in [0.4, 0.5) is 11.4 Å². The van der Waals surface area contributed by atoms with E-state index in [0.717, 1.165) is 22.4 Å². The molecule has 4 rings (SSSR count). The number of nitrogens with one attached hydrogen (secondary N) is 2. The summed E-state index contributed by atoms with van der Waals surface area (Å²) in [4.78, 5) is 13.1. The summed E-state index contributed by atoms with van der Waals surface area (Å²) >= 11 is 0. The van der Waals surface area contributed by atoms with E-state index in [9.17, 15) is 4.79 Å². The van der Waals surface area contributed by atoms with Crippen LogP contribution >= 0.6 is 0 Å². The Hall–Kier alpha value is -4.77. The zero-order valence-corrected chi connectivity index (χ0v) is 18.8. The summed E-state index contributed by atoms with van der Waals surface area (Å²) in [6.07, 6.45) is 0. The Morgan fingerprint density at radius 3 is 2.50 bits per heavy atom. The number of ether oxygens (including phenoxy) is 2. The van der Waals surface area contributed by atoms with Crippen molar-refractivity contribution < 1.29 is 14.3 Å². The molecule has 4 aromatic rings. The van der Waals surface area contributed by atoms with Gasteiger partial charge in [0.15, 0.2) is 11.4 Å². The molecule has 0 unspecified atom stereocenters. The van der Waals surface area contributed by atoms with Crippen LogP contribution in [0.1, 0.15) is 27.2 Å². The molecule has 0 fully saturated rings. The van der Waals surface area contributed by atoms with Gasteiger partial charge < -0.3 is 20.5 Å². The molecule has 4 N–H and O–H groups in total. The largest absolute Gasteiger partial charge is 0.497 e. The van der Waals surface area contributed by atoms with E-state index >= 15 is 0 Å². The van der Waals surface area contributed by atoms with Gasteiger partial charge in [-0.3, -0.25) is 9.89 Å². The van der Waals surface area contributed by atoms with Gasteiger partial charge in [-0.2, -0.15) is 10.4 Å². The van der Waals surface area contributed by atoms with Crippen molar-refractivity contribution in [1.82, 2.24) is 10.2 Å². The van der Waals surface area contributed by atoms with Crippen molar-refractivity contribution in [3.8, 4) is 28.8 Å². The molecule has 0 aliphatic carbocycles. The van der Waals surface area contributed by atoms with Crippen LogP contribution in [-0.2, 0) is 6.61 Å². The molecule has 1 amide bonds. The molecule has 0 aliphatic heterocycles. The molecule has 0 spiro atoms. The number of amides is 1. The molecule has 8 heteroatoms. The first-order valence-corrected chi connectivity index (χ1v) is 10.5. The van der Waals surface area contributed by atoms with Crippen molar-refractivity contribution in [3.63, 3.8) is 0 Å². The molecule has 0 saturated carbocycles. The number of nitriles is 1. The third kappa shape index (κ3) is 4.84. The van der Waals surface area contributed by atoms with Crippen molar-refractivity contribution in [2.24, 2.45) is 0 Å². The van der Waals surface area contributed by atoms with Crippen LogP contribution in [0.15, 0.2) is 66.7 Å². The Balaban J connectivity index is 1.65. The number of H-pyrrole nitrogens is 1. The van der Waals surface area contributed by atoms with Gasteiger partial charge in [0.1, 0.15) is 18.1 Å². The second kappa shape index (κ2) is 9.79. The molecule has 0 saturated heterocycles. The van der Waals surface area contributed by atoms with Gasteiger partial charge in [0.25, 0.3) is 5.91 Å². The monoisotopic (exact) mass is 453 g/mol. The Kier molecular flexibility index (Phi) is 6.46. The fraction of sp³-hybridized carbons (Fsp3) is 0.115. The molecule has 1 aromatic heterocycles. The number of carbonyl (C=O) groups excluding carboxylic acids is 1. The number of aromatic amines is 1. The predicted octanol–water partition coefficient (Wildman–Crippen LogP) is 4.68. The number of rotatable bonds is 7. The number of hydrogen-bond donors (Lipinski definition) is 3. The van der Waals surface area contributed by atoms with E-state index in [0.29, 0.717) is 22.7 Å². The van der Waals surface area contributed by atoms with E-state index in [1.165, 1.54) is 6.07 Å². The first-order chi connectivity index (χ1) is 16.5. The topological polar surface area (TPSA) is 126 Å². The average molecular weight is 454 g/mol. The maximum absolute atomic E-state index is 13.1. The average Bonchev–Trinajstić information content (AvgIpc) is 3.28. The van der Waals surface area contributed by atoms with Gasteiger partial charge in [-0.25, -0.2) is 0 Å². The number of nitrogen functional groups attached to an aromatic ring is 1. The van der Waals surface area contributed by atoms with Crippen LogP contribution in [0.3, 0.4) is 0 Å². The SMILES string of the molecule is COc1ccc(COc2c(-c3ccc(C)cc3)n[nH]c2C(=O)Nc2ccc(C#N)cc2N)cc1. The smallest absolute Gasteiger partial charge is 0.277 e. The van der Waals surface area contributed by atoms with Crippen molar-refractivity contribution in [2.45, 2.75) is 13.5 Å². The van der Waals surface area contributed by atoms with E-state index in [4.69, 9.17) is 20.5 Å². The Labute approximate surface area is 196 Å². The second-order valence-electron chi connectivity index (χ2n) is 7.65. The fourth-order valence-corrected chi connectivity index (χ4v) is 3.34. The first-order valence-electron chi connectivity index (χ1n) is 10.5. The lowest BCUT2D eigenvalue weighted by Gasteiger charge is -2.11. The number of carbonyl (C=O) groups is 1. The van der Waals surface area contributed by atoms with E-state index < -0.39 is 5.91 Å². The predicted molar refractivity (Wildman–Crippen MR) is 130 cm³/mol. The van der Waals surface area contributed by atoms with Crippen LogP contribution < -0.4 is 20.5 Å². The zero-order valence-electron chi connectivity index (χ0n) is 18.8. The van der Waals surface area contributed by atoms with Crippen LogP contribution in [0.25, 0.3) is 11.3 Å². The van der Waals surface area contributed by atoms with E-state index in [1.54, 1.807) is 19.2 Å². The van der Waals surface area contributed by atoms with E-state index in [-0.39, 0.29) is 18.0 Å². The number of nitrogens with two attached hydrogens (primary N) is 1. The summed E-state index contributed by atoms with van der Waals surface area (Å²) in [5.74, 6) is 0.601. The van der Waals surface area contributed by atoms with Gasteiger partial charge >= 0.3 is 0 Å². The van der Waals surface area contributed by atoms with Gasteiger partial charge in [0, 0.05) is 5.56 Å². The highest BCUT2D eigenvalue weighted by Crippen LogP contribution is 2.33. The summed E-state index contributed by atoms with van der Waals surface area (Å²) in [6, 6.07) is 21.9. The number of aromatic nitrogens is 2. The Morgan fingerprint density at radius 2 is 1.85 bits per heavy atom. The summed E-state index contributed by atoms with van der Waals surface area (Å²) < 4.78 is 11.3. The minimum Gasteiger partial charge on any atom is -0.497 e. The Morgan fingerprint density at radius 1 is 1.12 bits per heavy atom. The minimum absolute atomic E-state index is 0.160. The summed E-state index contributed by atoms with van der Waals surface area (Å²) in [5.41, 5.74) is 10.6. The molecule has 0 aliphatic rings. The number of aryl methyl sites for hydroxylation is 1. The van der Waals surface area contributed by atoms with Crippen molar-refractivity contribution in [1.29, 1.82) is 5.26 Å². The molecule has 8 nitrogen and oxygen atoms in total. The lowest BCUT2D eigenvalue weighted by Crippen LogP contribution is -2.15. The molecule has 3 aromatic carbocycles. The van der Waals surface area contributed by atoms with E-state index in [2.05, 4.69) is 15.5 Å². The summed E-state index contributed by atoms with van der Waals surface area (Å²) in [6.45, 7) is 2.22. The third-order valence-electron chi connectivity index (χ3n) is 5.24. The zero-order chi connectivity index (χ0) is 24.1. The molecule has 0 radical (unpaired) electrons. The maximum atomic E-state index is 13.1. The number of nitrogens with zero attached hydrogens (tertiary/aromatic N) is 2. The van der Waals surface area contributed by atoms with Crippen molar-refractivity contribution >= 4 is 17.3 Å². The van der Waals surface area contributed by atoms with Gasteiger partial charge in [-0.15, -0.1) is 0 Å². The van der Waals surface area contributed by atoms with Gasteiger partial charge in [0.2, 0.25) is 0 Å². The highest BCUT2D eigenvalue weighted by Gasteiger charge is 2.23. The standard InChI is InChI=1S/C26H23N5O3/c1-16-3-8-19(9-4-16)23-25(34-15-17-5-10-20(33-2)11-6-17)24(31-30-23)26(32)29-22-12-7-18(14-27)13-21(22)28/h3-13H,15,28H2,1-2H3,(H,29,32)(H,30,31). The Bertz CT molecular complexity index is 1350. The minimum atomic E-state index is -0.466. The third-order valence-corrected chi connectivity index (χ3v) is 5.24. The van der Waals surface area contributed by atoms with E-state index in [1.807, 2.05) is 61.5 Å². The quantitative estimate of drug-likeness (QED) is 0.349. The number of methoxy groups -OCH3 is 1. The maximum Gasteiger partial charge on any atom is 0.277 e. The summed E-state index contributed by atoms with van der Waals surface area (Å²) in [5, 5.41) is 19.0. The molecule has 0 bridgehead atoms. The molecule has 0 atom stereocenters. The lowest BCUT2D eigenvalue weighted by molar-refractivity contribution is 0.101. The van der Waals surface area contributed by atoms with Gasteiger partial charge in [-0.1, -0.05) is 42.0 Å². The molecular weight excluding hydrogens is 430 g/mol. The molecular formula is C26H23N5O3. The van der Waals surface area contributed by atoms with Crippen molar-refractivity contribution in [2.75, 3.05) is 18.2 Å². The molecule has 170 valence electrons. The highest BCUT2D eigenvalue weighted by atomic mass is 16.5.